The van der Waals surface area contributed by atoms with Crippen molar-refractivity contribution < 1.29 is 18.0 Å². The van der Waals surface area contributed by atoms with Gasteiger partial charge >= 0.3 is 0 Å². The lowest BCUT2D eigenvalue weighted by molar-refractivity contribution is -0.131. The van der Waals surface area contributed by atoms with Crippen molar-refractivity contribution in [1.29, 1.82) is 0 Å². The predicted octanol–water partition coefficient (Wildman–Crippen LogP) is 3.04. The SMILES string of the molecule is O=C(Cc1ccc(S(=O)(=O)N2CCCCC2)cc1)N1CCN(C(=O)c2ccc(Cl)cc2)CC1. The Balaban J connectivity index is 1.31. The number of carbonyl (C=O) groups excluding carboxylic acids is 2. The fraction of sp³-hybridized carbons (Fsp3) is 0.417. The minimum absolute atomic E-state index is 0.0276. The molecule has 0 N–H and O–H groups in total. The van der Waals surface area contributed by atoms with Crippen LogP contribution < -0.4 is 0 Å². The van der Waals surface area contributed by atoms with Gasteiger partial charge in [-0.05, 0) is 54.8 Å². The summed E-state index contributed by atoms with van der Waals surface area (Å²) >= 11 is 5.89. The summed E-state index contributed by atoms with van der Waals surface area (Å²) < 4.78 is 27.1. The van der Waals surface area contributed by atoms with Crippen LogP contribution in [0.25, 0.3) is 0 Å². The number of nitrogens with zero attached hydrogens (tertiary/aromatic N) is 3. The van der Waals surface area contributed by atoms with Gasteiger partial charge in [-0.15, -0.1) is 0 Å². The van der Waals surface area contributed by atoms with Gasteiger partial charge < -0.3 is 9.80 Å². The number of sulfonamides is 1. The van der Waals surface area contributed by atoms with E-state index in [0.717, 1.165) is 24.8 Å². The summed E-state index contributed by atoms with van der Waals surface area (Å²) in [6, 6.07) is 13.4. The Morgan fingerprint density at radius 1 is 0.758 bits per heavy atom. The van der Waals surface area contributed by atoms with E-state index in [1.165, 1.54) is 0 Å². The van der Waals surface area contributed by atoms with Gasteiger partial charge in [-0.2, -0.15) is 4.31 Å². The lowest BCUT2D eigenvalue weighted by Crippen LogP contribution is -2.51. The van der Waals surface area contributed by atoms with Crippen molar-refractivity contribution in [3.63, 3.8) is 0 Å². The van der Waals surface area contributed by atoms with Gasteiger partial charge in [-0.1, -0.05) is 30.2 Å². The summed E-state index contributed by atoms with van der Waals surface area (Å²) in [5, 5.41) is 0.582. The molecule has 0 spiro atoms. The lowest BCUT2D eigenvalue weighted by atomic mass is 10.1. The van der Waals surface area contributed by atoms with Crippen molar-refractivity contribution in [3.8, 4) is 0 Å². The zero-order valence-electron chi connectivity index (χ0n) is 18.5. The van der Waals surface area contributed by atoms with Crippen LogP contribution in [-0.4, -0.2) is 73.6 Å². The quantitative estimate of drug-likeness (QED) is 0.646. The zero-order valence-corrected chi connectivity index (χ0v) is 20.0. The van der Waals surface area contributed by atoms with Gasteiger partial charge in [0.2, 0.25) is 15.9 Å². The number of carbonyl (C=O) groups is 2. The highest BCUT2D eigenvalue weighted by molar-refractivity contribution is 7.89. The summed E-state index contributed by atoms with van der Waals surface area (Å²) in [7, 11) is -3.47. The number of benzene rings is 2. The van der Waals surface area contributed by atoms with Crippen LogP contribution in [0.2, 0.25) is 5.02 Å². The molecule has 2 saturated heterocycles. The lowest BCUT2D eigenvalue weighted by Gasteiger charge is -2.35. The number of amides is 2. The number of rotatable bonds is 5. The van der Waals surface area contributed by atoms with E-state index in [2.05, 4.69) is 0 Å². The molecular weight excluding hydrogens is 462 g/mol. The molecule has 0 bridgehead atoms. The average molecular weight is 490 g/mol. The summed E-state index contributed by atoms with van der Waals surface area (Å²) in [6.45, 7) is 3.02. The number of hydrogen-bond donors (Lipinski definition) is 0. The van der Waals surface area contributed by atoms with Crippen LogP contribution in [0, 0.1) is 0 Å². The normalized spacial score (nSPS) is 17.7. The zero-order chi connectivity index (χ0) is 23.4. The Morgan fingerprint density at radius 3 is 1.94 bits per heavy atom. The van der Waals surface area contributed by atoms with Crippen LogP contribution >= 0.6 is 11.6 Å². The Labute approximate surface area is 200 Å². The van der Waals surface area contributed by atoms with Crippen molar-refractivity contribution >= 4 is 33.4 Å². The van der Waals surface area contributed by atoms with E-state index in [0.29, 0.717) is 49.9 Å². The van der Waals surface area contributed by atoms with Crippen molar-refractivity contribution in [2.24, 2.45) is 0 Å². The molecule has 0 radical (unpaired) electrons. The maximum absolute atomic E-state index is 12.8. The van der Waals surface area contributed by atoms with Crippen molar-refractivity contribution in [2.75, 3.05) is 39.3 Å². The van der Waals surface area contributed by atoms with Crippen LogP contribution in [0.1, 0.15) is 35.2 Å². The van der Waals surface area contributed by atoms with Gasteiger partial charge in [-0.3, -0.25) is 9.59 Å². The molecule has 2 aromatic carbocycles. The number of piperidine rings is 1. The van der Waals surface area contributed by atoms with Gasteiger partial charge in [0.25, 0.3) is 5.91 Å². The molecule has 4 rings (SSSR count). The molecule has 33 heavy (non-hydrogen) atoms. The second-order valence-corrected chi connectivity index (χ2v) is 10.8. The summed E-state index contributed by atoms with van der Waals surface area (Å²) in [6.07, 6.45) is 3.06. The van der Waals surface area contributed by atoms with E-state index in [4.69, 9.17) is 11.6 Å². The van der Waals surface area contributed by atoms with Gasteiger partial charge in [-0.25, -0.2) is 8.42 Å². The largest absolute Gasteiger partial charge is 0.339 e. The smallest absolute Gasteiger partial charge is 0.253 e. The minimum Gasteiger partial charge on any atom is -0.339 e. The van der Waals surface area contributed by atoms with Gasteiger partial charge in [0.1, 0.15) is 0 Å². The first kappa shape index (κ1) is 23.7. The first-order valence-corrected chi connectivity index (χ1v) is 13.1. The Morgan fingerprint density at radius 2 is 1.33 bits per heavy atom. The van der Waals surface area contributed by atoms with Gasteiger partial charge in [0.15, 0.2) is 0 Å². The van der Waals surface area contributed by atoms with Crippen LogP contribution in [0.4, 0.5) is 0 Å². The molecule has 0 unspecified atom stereocenters. The first-order chi connectivity index (χ1) is 15.8. The molecule has 9 heteroatoms. The molecular formula is C24H28ClN3O4S. The number of piperazine rings is 1. The van der Waals surface area contributed by atoms with E-state index in [1.807, 2.05) is 0 Å². The fourth-order valence-corrected chi connectivity index (χ4v) is 5.90. The first-order valence-electron chi connectivity index (χ1n) is 11.3. The number of hydrogen-bond acceptors (Lipinski definition) is 4. The third-order valence-electron chi connectivity index (χ3n) is 6.24. The summed E-state index contributed by atoms with van der Waals surface area (Å²) in [5.74, 6) is -0.0931. The maximum atomic E-state index is 12.8. The molecule has 2 aliphatic heterocycles. The maximum Gasteiger partial charge on any atom is 0.253 e. The molecule has 2 heterocycles. The molecule has 2 fully saturated rings. The molecule has 0 atom stereocenters. The topological polar surface area (TPSA) is 78.0 Å². The second-order valence-electron chi connectivity index (χ2n) is 8.47. The monoisotopic (exact) mass is 489 g/mol. The van der Waals surface area contributed by atoms with Crippen molar-refractivity contribution in [1.82, 2.24) is 14.1 Å². The fourth-order valence-electron chi connectivity index (χ4n) is 4.25. The number of halogens is 1. The molecule has 0 aliphatic carbocycles. The molecule has 2 amide bonds. The van der Waals surface area contributed by atoms with E-state index in [1.54, 1.807) is 62.6 Å². The molecule has 176 valence electrons. The Bertz CT molecular complexity index is 1090. The molecule has 2 aliphatic rings. The third kappa shape index (κ3) is 5.57. The van der Waals surface area contributed by atoms with Crippen LogP contribution in [-0.2, 0) is 21.2 Å². The molecule has 2 aromatic rings. The molecule has 0 aromatic heterocycles. The highest BCUT2D eigenvalue weighted by Crippen LogP contribution is 2.21. The minimum atomic E-state index is -3.47. The average Bonchev–Trinajstić information content (AvgIpc) is 2.85. The van der Waals surface area contributed by atoms with Crippen LogP contribution in [0.3, 0.4) is 0 Å². The van der Waals surface area contributed by atoms with Crippen molar-refractivity contribution in [3.05, 3.63) is 64.7 Å². The van der Waals surface area contributed by atoms with E-state index in [-0.39, 0.29) is 23.1 Å². The molecule has 7 nitrogen and oxygen atoms in total. The standard InChI is InChI=1S/C24H28ClN3O4S/c25-21-8-6-20(7-9-21)24(30)27-16-14-26(15-17-27)23(29)18-19-4-10-22(11-5-19)33(31,32)28-12-2-1-3-13-28/h4-11H,1-3,12-18H2. The summed E-state index contributed by atoms with van der Waals surface area (Å²) in [4.78, 5) is 29.2. The highest BCUT2D eigenvalue weighted by atomic mass is 35.5. The van der Waals surface area contributed by atoms with Gasteiger partial charge in [0.05, 0.1) is 11.3 Å². The van der Waals surface area contributed by atoms with Crippen LogP contribution in [0.5, 0.6) is 0 Å². The van der Waals surface area contributed by atoms with Crippen LogP contribution in [0.15, 0.2) is 53.4 Å². The van der Waals surface area contributed by atoms with Crippen molar-refractivity contribution in [2.45, 2.75) is 30.6 Å². The van der Waals surface area contributed by atoms with E-state index < -0.39 is 10.0 Å². The predicted molar refractivity (Wildman–Crippen MR) is 127 cm³/mol. The van der Waals surface area contributed by atoms with E-state index in [9.17, 15) is 18.0 Å². The highest BCUT2D eigenvalue weighted by Gasteiger charge is 2.27. The Kier molecular flexibility index (Phi) is 7.36. The third-order valence-corrected chi connectivity index (χ3v) is 8.41. The molecule has 0 saturated carbocycles. The second kappa shape index (κ2) is 10.2. The van der Waals surface area contributed by atoms with Gasteiger partial charge in [0, 0.05) is 49.9 Å². The summed E-state index contributed by atoms with van der Waals surface area (Å²) in [5.41, 5.74) is 1.36. The van der Waals surface area contributed by atoms with E-state index >= 15 is 0 Å². The Hall–Kier alpha value is -2.42.